The molecule has 1 rings (SSSR count). The molecular weight excluding hydrogens is 326 g/mol. The van der Waals surface area contributed by atoms with E-state index in [-0.39, 0.29) is 13.0 Å². The number of carbonyl (C=O) groups is 3. The molecule has 0 aliphatic heterocycles. The number of aryl methyl sites for hydroxylation is 1. The molecule has 0 aromatic heterocycles. The molecule has 0 spiro atoms. The molecule has 1 aromatic carbocycles. The molecule has 7 heteroatoms. The van der Waals surface area contributed by atoms with E-state index in [1.807, 2.05) is 30.3 Å². The van der Waals surface area contributed by atoms with Gasteiger partial charge in [0.1, 0.15) is 11.6 Å². The predicted octanol–water partition coefficient (Wildman–Crippen LogP) is 3.21. The van der Waals surface area contributed by atoms with Crippen LogP contribution in [0.25, 0.3) is 0 Å². The molecular formula is C18H25NO6. The first kappa shape index (κ1) is 20.5. The van der Waals surface area contributed by atoms with Crippen LogP contribution in [0.5, 0.6) is 0 Å². The van der Waals surface area contributed by atoms with E-state index in [1.54, 1.807) is 27.7 Å². The average Bonchev–Trinajstić information content (AvgIpc) is 2.50. The Labute approximate surface area is 147 Å². The summed E-state index contributed by atoms with van der Waals surface area (Å²) < 4.78 is 14.3. The third-order valence-corrected chi connectivity index (χ3v) is 2.99. The number of hydrogen-bond acceptors (Lipinski definition) is 6. The molecule has 0 heterocycles. The first-order valence-corrected chi connectivity index (χ1v) is 8.13. The van der Waals surface area contributed by atoms with Gasteiger partial charge in [-0.25, -0.2) is 14.4 Å². The number of nitrogens with one attached hydrogen (secondary N) is 1. The molecule has 0 radical (unpaired) electrons. The van der Waals surface area contributed by atoms with E-state index in [0.29, 0.717) is 6.42 Å². The van der Waals surface area contributed by atoms with Gasteiger partial charge in [-0.15, -0.1) is 0 Å². The number of ether oxygens (including phenoxy) is 3. The number of alkyl carbamates (subject to hydrolysis) is 1. The second kappa shape index (κ2) is 9.66. The molecule has 0 aliphatic rings. The van der Waals surface area contributed by atoms with Crippen molar-refractivity contribution in [3.8, 4) is 0 Å². The molecule has 0 saturated carbocycles. The summed E-state index contributed by atoms with van der Waals surface area (Å²) in [4.78, 5) is 35.4. The Morgan fingerprint density at radius 1 is 1.12 bits per heavy atom. The topological polar surface area (TPSA) is 90.9 Å². The number of esters is 1. The number of amides is 1. The van der Waals surface area contributed by atoms with Crippen LogP contribution < -0.4 is 5.32 Å². The smallest absolute Gasteiger partial charge is 0.444 e. The first-order chi connectivity index (χ1) is 11.7. The van der Waals surface area contributed by atoms with Gasteiger partial charge in [-0.3, -0.25) is 0 Å². The van der Waals surface area contributed by atoms with Crippen LogP contribution in [0.1, 0.15) is 39.7 Å². The van der Waals surface area contributed by atoms with Crippen molar-refractivity contribution in [1.29, 1.82) is 0 Å². The summed E-state index contributed by atoms with van der Waals surface area (Å²) in [6, 6.07) is 8.42. The highest BCUT2D eigenvalue weighted by atomic mass is 16.7. The van der Waals surface area contributed by atoms with Gasteiger partial charge in [0, 0.05) is 0 Å². The number of rotatable bonds is 6. The quantitative estimate of drug-likeness (QED) is 0.625. The van der Waals surface area contributed by atoms with Gasteiger partial charge in [0.25, 0.3) is 0 Å². The van der Waals surface area contributed by atoms with E-state index < -0.39 is 29.9 Å². The Morgan fingerprint density at radius 2 is 1.76 bits per heavy atom. The first-order valence-electron chi connectivity index (χ1n) is 8.13. The third kappa shape index (κ3) is 8.74. The fraction of sp³-hybridized carbons (Fsp3) is 0.500. The van der Waals surface area contributed by atoms with Gasteiger partial charge < -0.3 is 19.5 Å². The van der Waals surface area contributed by atoms with Gasteiger partial charge >= 0.3 is 18.2 Å². The fourth-order valence-corrected chi connectivity index (χ4v) is 1.96. The summed E-state index contributed by atoms with van der Waals surface area (Å²) in [6.07, 6.45) is -1.09. The minimum Gasteiger partial charge on any atom is -0.444 e. The van der Waals surface area contributed by atoms with E-state index in [0.717, 1.165) is 5.56 Å². The highest BCUT2D eigenvalue weighted by molar-refractivity contribution is 5.88. The van der Waals surface area contributed by atoms with Crippen LogP contribution in [-0.2, 0) is 25.4 Å². The van der Waals surface area contributed by atoms with Crippen LogP contribution >= 0.6 is 0 Å². The average molecular weight is 351 g/mol. The van der Waals surface area contributed by atoms with Crippen molar-refractivity contribution in [1.82, 2.24) is 5.32 Å². The molecule has 1 aromatic rings. The lowest BCUT2D eigenvalue weighted by molar-refractivity contribution is -0.142. The third-order valence-electron chi connectivity index (χ3n) is 2.99. The number of benzene rings is 1. The molecule has 25 heavy (non-hydrogen) atoms. The Hall–Kier alpha value is -2.57. The normalized spacial score (nSPS) is 12.0. The van der Waals surface area contributed by atoms with E-state index in [9.17, 15) is 14.4 Å². The lowest BCUT2D eigenvalue weighted by atomic mass is 10.1. The van der Waals surface area contributed by atoms with Crippen molar-refractivity contribution < 1.29 is 28.6 Å². The van der Waals surface area contributed by atoms with Crippen LogP contribution in [0.15, 0.2) is 30.3 Å². The predicted molar refractivity (Wildman–Crippen MR) is 91.0 cm³/mol. The maximum Gasteiger partial charge on any atom is 0.516 e. The molecule has 1 atom stereocenters. The van der Waals surface area contributed by atoms with E-state index >= 15 is 0 Å². The highest BCUT2D eigenvalue weighted by Gasteiger charge is 2.27. The molecule has 1 amide bonds. The highest BCUT2D eigenvalue weighted by Crippen LogP contribution is 2.10. The van der Waals surface area contributed by atoms with E-state index in [1.165, 1.54) is 0 Å². The maximum absolute atomic E-state index is 12.2. The van der Waals surface area contributed by atoms with Gasteiger partial charge in [0.2, 0.25) is 0 Å². The number of carbonyl (C=O) groups excluding carboxylic acids is 3. The van der Waals surface area contributed by atoms with Crippen molar-refractivity contribution in [3.05, 3.63) is 35.9 Å². The minimum atomic E-state index is -1.09. The summed E-state index contributed by atoms with van der Waals surface area (Å²) in [6.45, 7) is 6.81. The van der Waals surface area contributed by atoms with E-state index in [4.69, 9.17) is 4.74 Å². The van der Waals surface area contributed by atoms with Gasteiger partial charge in [0.15, 0.2) is 0 Å². The van der Waals surface area contributed by atoms with Crippen LogP contribution in [0, 0.1) is 0 Å². The fourth-order valence-electron chi connectivity index (χ4n) is 1.96. The van der Waals surface area contributed by atoms with Crippen LogP contribution in [0.2, 0.25) is 0 Å². The standard InChI is InChI=1S/C18H25NO6/c1-5-23-17(22)24-15(20)14(19-16(21)25-18(2,3)4)12-11-13-9-7-6-8-10-13/h6-10,14H,5,11-12H2,1-4H3,(H,19,21)/t14-/m0/s1. The Kier molecular flexibility index (Phi) is 7.91. The van der Waals surface area contributed by atoms with Crippen LogP contribution in [-0.4, -0.2) is 36.5 Å². The molecule has 7 nitrogen and oxygen atoms in total. The Balaban J connectivity index is 2.72. The van der Waals surface area contributed by atoms with Crippen molar-refractivity contribution >= 4 is 18.2 Å². The summed E-state index contributed by atoms with van der Waals surface area (Å²) >= 11 is 0. The summed E-state index contributed by atoms with van der Waals surface area (Å²) in [7, 11) is 0. The van der Waals surface area contributed by atoms with Crippen molar-refractivity contribution in [3.63, 3.8) is 0 Å². The zero-order chi connectivity index (χ0) is 18.9. The van der Waals surface area contributed by atoms with Crippen molar-refractivity contribution in [2.75, 3.05) is 6.61 Å². The maximum atomic E-state index is 12.2. The molecule has 0 fully saturated rings. The molecule has 0 aliphatic carbocycles. The Morgan fingerprint density at radius 3 is 2.32 bits per heavy atom. The molecule has 0 bridgehead atoms. The lowest BCUT2D eigenvalue weighted by Crippen LogP contribution is -2.45. The zero-order valence-electron chi connectivity index (χ0n) is 15.0. The van der Waals surface area contributed by atoms with Gasteiger partial charge in [-0.1, -0.05) is 30.3 Å². The van der Waals surface area contributed by atoms with Gasteiger partial charge in [-0.05, 0) is 46.1 Å². The van der Waals surface area contributed by atoms with Crippen LogP contribution in [0.3, 0.4) is 0 Å². The molecule has 1 N–H and O–H groups in total. The van der Waals surface area contributed by atoms with E-state index in [2.05, 4.69) is 14.8 Å². The van der Waals surface area contributed by atoms with Gasteiger partial charge in [0.05, 0.1) is 6.61 Å². The molecule has 0 saturated heterocycles. The van der Waals surface area contributed by atoms with Crippen molar-refractivity contribution in [2.45, 2.75) is 52.2 Å². The largest absolute Gasteiger partial charge is 0.516 e. The Bertz CT molecular complexity index is 579. The minimum absolute atomic E-state index is 0.0836. The molecule has 138 valence electrons. The lowest BCUT2D eigenvalue weighted by Gasteiger charge is -2.22. The van der Waals surface area contributed by atoms with Gasteiger partial charge in [-0.2, -0.15) is 0 Å². The molecule has 0 unspecified atom stereocenters. The van der Waals surface area contributed by atoms with Crippen molar-refractivity contribution in [2.24, 2.45) is 0 Å². The van der Waals surface area contributed by atoms with Crippen LogP contribution in [0.4, 0.5) is 9.59 Å². The monoisotopic (exact) mass is 351 g/mol. The summed E-state index contributed by atoms with van der Waals surface area (Å²) in [5.74, 6) is -0.889. The second-order valence-electron chi connectivity index (χ2n) is 6.33. The number of hydrogen-bond donors (Lipinski definition) is 1. The summed E-state index contributed by atoms with van der Waals surface area (Å²) in [5.41, 5.74) is 0.279. The zero-order valence-corrected chi connectivity index (χ0v) is 15.0. The summed E-state index contributed by atoms with van der Waals surface area (Å²) in [5, 5.41) is 2.45. The SMILES string of the molecule is CCOC(=O)OC(=O)[C@H](CCc1ccccc1)NC(=O)OC(C)(C)C. The second-order valence-corrected chi connectivity index (χ2v) is 6.33.